The Morgan fingerprint density at radius 3 is 2.41 bits per heavy atom. The van der Waals surface area contributed by atoms with Crippen LogP contribution in [0.2, 0.25) is 0 Å². The molecule has 0 spiro atoms. The number of unbranched alkanes of at least 4 members (excludes halogenated alkanes) is 1. The van der Waals surface area contributed by atoms with Gasteiger partial charge in [-0.15, -0.1) is 0 Å². The van der Waals surface area contributed by atoms with Gasteiger partial charge in [0, 0.05) is 19.8 Å². The molecule has 0 aliphatic carbocycles. The molecule has 2 aromatic rings. The van der Waals surface area contributed by atoms with E-state index in [0.717, 1.165) is 30.2 Å². The Morgan fingerprint density at radius 1 is 1.03 bits per heavy atom. The summed E-state index contributed by atoms with van der Waals surface area (Å²) in [7, 11) is -3.82. The molecule has 29 heavy (non-hydrogen) atoms. The van der Waals surface area contributed by atoms with Crippen LogP contribution in [0.1, 0.15) is 40.0 Å². The highest BCUT2D eigenvalue weighted by Gasteiger charge is 2.28. The van der Waals surface area contributed by atoms with Gasteiger partial charge in [0.25, 0.3) is 0 Å². The fourth-order valence-electron chi connectivity index (χ4n) is 2.91. The summed E-state index contributed by atoms with van der Waals surface area (Å²) in [6.45, 7) is 7.50. The van der Waals surface area contributed by atoms with Gasteiger partial charge in [-0.3, -0.25) is 4.79 Å². The van der Waals surface area contributed by atoms with E-state index in [1.165, 1.54) is 0 Å². The first-order valence-electron chi connectivity index (χ1n) is 10.2. The Hall–Kier alpha value is -1.96. The average Bonchev–Trinajstić information content (AvgIpc) is 2.70. The maximum Gasteiger partial charge on any atom is 0.241 e. The second kappa shape index (κ2) is 11.3. The number of hydrogen-bond donors (Lipinski definition) is 2. The van der Waals surface area contributed by atoms with E-state index in [1.807, 2.05) is 38.1 Å². The van der Waals surface area contributed by atoms with E-state index in [0.29, 0.717) is 19.6 Å². The number of carbonyl (C=O) groups excluding carboxylic acids is 1. The molecule has 6 nitrogen and oxygen atoms in total. The van der Waals surface area contributed by atoms with Crippen molar-refractivity contribution in [3.05, 3.63) is 42.5 Å². The molecular weight excluding hydrogens is 388 g/mol. The lowest BCUT2D eigenvalue weighted by Gasteiger charge is -2.22. The van der Waals surface area contributed by atoms with Crippen LogP contribution in [-0.2, 0) is 19.6 Å². The van der Waals surface area contributed by atoms with Crippen molar-refractivity contribution < 1.29 is 17.9 Å². The van der Waals surface area contributed by atoms with Gasteiger partial charge in [0.05, 0.1) is 4.90 Å². The minimum atomic E-state index is -3.82. The Morgan fingerprint density at radius 2 is 1.72 bits per heavy atom. The minimum absolute atomic E-state index is 0.152. The van der Waals surface area contributed by atoms with E-state index in [4.69, 9.17) is 4.74 Å². The van der Waals surface area contributed by atoms with Gasteiger partial charge in [-0.1, -0.05) is 57.5 Å². The van der Waals surface area contributed by atoms with Crippen LogP contribution in [0, 0.1) is 5.92 Å². The number of fused-ring (bicyclic) bond motifs is 1. The molecule has 0 bridgehead atoms. The summed E-state index contributed by atoms with van der Waals surface area (Å²) in [6, 6.07) is 11.7. The molecule has 1 unspecified atom stereocenters. The highest BCUT2D eigenvalue weighted by atomic mass is 32.2. The van der Waals surface area contributed by atoms with Crippen LogP contribution in [-0.4, -0.2) is 40.1 Å². The average molecular weight is 421 g/mol. The fourth-order valence-corrected chi connectivity index (χ4v) is 4.29. The molecule has 1 atom stereocenters. The van der Waals surface area contributed by atoms with Gasteiger partial charge in [0.2, 0.25) is 15.9 Å². The van der Waals surface area contributed by atoms with Crippen molar-refractivity contribution in [2.75, 3.05) is 19.8 Å². The summed E-state index contributed by atoms with van der Waals surface area (Å²) in [5.74, 6) is -0.510. The second-order valence-corrected chi connectivity index (χ2v) is 9.18. The maximum atomic E-state index is 12.9. The lowest BCUT2D eigenvalue weighted by molar-refractivity contribution is -0.123. The summed E-state index contributed by atoms with van der Waals surface area (Å²) in [5, 5.41) is 4.61. The van der Waals surface area contributed by atoms with E-state index in [9.17, 15) is 13.2 Å². The van der Waals surface area contributed by atoms with Crippen LogP contribution in [0.4, 0.5) is 0 Å². The fraction of sp³-hybridized carbons (Fsp3) is 0.500. The number of benzene rings is 2. The summed E-state index contributed by atoms with van der Waals surface area (Å²) < 4.78 is 33.8. The Bertz CT molecular complexity index is 897. The quantitative estimate of drug-likeness (QED) is 0.515. The van der Waals surface area contributed by atoms with Gasteiger partial charge in [-0.2, -0.15) is 4.72 Å². The van der Waals surface area contributed by atoms with Crippen LogP contribution in [0.25, 0.3) is 10.8 Å². The van der Waals surface area contributed by atoms with Crippen LogP contribution < -0.4 is 10.0 Å². The molecule has 0 radical (unpaired) electrons. The minimum Gasteiger partial charge on any atom is -0.381 e. The molecule has 0 saturated heterocycles. The Balaban J connectivity index is 1.97. The van der Waals surface area contributed by atoms with Crippen LogP contribution in [0.5, 0.6) is 0 Å². The van der Waals surface area contributed by atoms with Gasteiger partial charge in [0.1, 0.15) is 6.04 Å². The molecule has 0 heterocycles. The standard InChI is InChI=1S/C22H32N2O4S/c1-4-5-14-28-15-8-13-23-22(25)21(17(2)3)24-29(26,27)20-12-11-18-9-6-7-10-19(18)16-20/h6-7,9-12,16-17,21,24H,4-5,8,13-15H2,1-3H3,(H,23,25). The Labute approximate surface area is 174 Å². The van der Waals surface area contributed by atoms with Crippen molar-refractivity contribution in [2.24, 2.45) is 5.92 Å². The van der Waals surface area contributed by atoms with Gasteiger partial charge >= 0.3 is 0 Å². The third-order valence-electron chi connectivity index (χ3n) is 4.67. The number of rotatable bonds is 12. The second-order valence-electron chi connectivity index (χ2n) is 7.46. The molecule has 0 aromatic heterocycles. The van der Waals surface area contributed by atoms with Crippen molar-refractivity contribution in [1.82, 2.24) is 10.0 Å². The molecule has 0 saturated carbocycles. The van der Waals surface area contributed by atoms with Gasteiger partial charge in [0.15, 0.2) is 0 Å². The predicted octanol–water partition coefficient (Wildman–Crippen LogP) is 3.47. The molecule has 2 aromatic carbocycles. The van der Waals surface area contributed by atoms with Crippen molar-refractivity contribution in [3.8, 4) is 0 Å². The van der Waals surface area contributed by atoms with Crippen LogP contribution in [0.15, 0.2) is 47.4 Å². The summed E-state index contributed by atoms with van der Waals surface area (Å²) in [6.07, 6.45) is 2.81. The van der Waals surface area contributed by atoms with Crippen molar-refractivity contribution in [1.29, 1.82) is 0 Å². The zero-order valence-corrected chi connectivity index (χ0v) is 18.3. The normalized spacial score (nSPS) is 13.0. The van der Waals surface area contributed by atoms with Crippen LogP contribution >= 0.6 is 0 Å². The summed E-state index contributed by atoms with van der Waals surface area (Å²) in [5.41, 5.74) is 0. The third kappa shape index (κ3) is 7.10. The molecule has 2 rings (SSSR count). The number of hydrogen-bond acceptors (Lipinski definition) is 4. The number of carbonyl (C=O) groups is 1. The van der Waals surface area contributed by atoms with Crippen LogP contribution in [0.3, 0.4) is 0 Å². The van der Waals surface area contributed by atoms with Gasteiger partial charge < -0.3 is 10.1 Å². The largest absolute Gasteiger partial charge is 0.381 e. The monoisotopic (exact) mass is 420 g/mol. The molecule has 7 heteroatoms. The van der Waals surface area contributed by atoms with E-state index >= 15 is 0 Å². The molecule has 0 fully saturated rings. The highest BCUT2D eigenvalue weighted by Crippen LogP contribution is 2.19. The maximum absolute atomic E-state index is 12.9. The molecule has 0 aliphatic rings. The van der Waals surface area contributed by atoms with E-state index in [1.54, 1.807) is 18.2 Å². The Kier molecular flexibility index (Phi) is 9.07. The zero-order chi connectivity index (χ0) is 21.3. The van der Waals surface area contributed by atoms with Gasteiger partial charge in [-0.05, 0) is 41.7 Å². The first-order chi connectivity index (χ1) is 13.8. The van der Waals surface area contributed by atoms with Gasteiger partial charge in [-0.25, -0.2) is 8.42 Å². The summed E-state index contributed by atoms with van der Waals surface area (Å²) in [4.78, 5) is 12.7. The van der Waals surface area contributed by atoms with Crippen molar-refractivity contribution in [2.45, 2.75) is 51.0 Å². The smallest absolute Gasteiger partial charge is 0.241 e. The van der Waals surface area contributed by atoms with Crippen molar-refractivity contribution >= 4 is 26.7 Å². The number of nitrogens with one attached hydrogen (secondary N) is 2. The lowest BCUT2D eigenvalue weighted by Crippen LogP contribution is -2.49. The molecule has 0 aliphatic heterocycles. The predicted molar refractivity (Wildman–Crippen MR) is 116 cm³/mol. The molecule has 1 amide bonds. The molecule has 2 N–H and O–H groups in total. The molecular formula is C22H32N2O4S. The molecule has 160 valence electrons. The van der Waals surface area contributed by atoms with Crippen molar-refractivity contribution in [3.63, 3.8) is 0 Å². The topological polar surface area (TPSA) is 84.5 Å². The first kappa shape index (κ1) is 23.3. The number of ether oxygens (including phenoxy) is 1. The summed E-state index contributed by atoms with van der Waals surface area (Å²) >= 11 is 0. The van der Waals surface area contributed by atoms with E-state index < -0.39 is 16.1 Å². The first-order valence-corrected chi connectivity index (χ1v) is 11.7. The number of sulfonamides is 1. The highest BCUT2D eigenvalue weighted by molar-refractivity contribution is 7.89. The lowest BCUT2D eigenvalue weighted by atomic mass is 10.1. The zero-order valence-electron chi connectivity index (χ0n) is 17.5. The van der Waals surface area contributed by atoms with E-state index in [-0.39, 0.29) is 16.7 Å². The van der Waals surface area contributed by atoms with E-state index in [2.05, 4.69) is 17.0 Å². The third-order valence-corrected chi connectivity index (χ3v) is 6.11. The SMILES string of the molecule is CCCCOCCCNC(=O)C(NS(=O)(=O)c1ccc2ccccc2c1)C(C)C. The number of amides is 1.